The summed E-state index contributed by atoms with van der Waals surface area (Å²) in [4.78, 5) is 6.85. The van der Waals surface area contributed by atoms with Gasteiger partial charge in [0, 0.05) is 34.5 Å². The molecule has 4 nitrogen and oxygen atoms in total. The van der Waals surface area contributed by atoms with Gasteiger partial charge in [0.15, 0.2) is 5.11 Å². The SMILES string of the molecule is CCc1ccc(N2C(=S)N[C@@H](c3ccccn3)[C@@H]2c2cccn2-c2cccc(Cl)c2)cc1. The van der Waals surface area contributed by atoms with Gasteiger partial charge in [0.1, 0.15) is 6.04 Å². The van der Waals surface area contributed by atoms with Crippen LogP contribution in [0.15, 0.2) is 91.3 Å². The summed E-state index contributed by atoms with van der Waals surface area (Å²) in [5, 5.41) is 4.92. The highest BCUT2D eigenvalue weighted by molar-refractivity contribution is 7.80. The summed E-state index contributed by atoms with van der Waals surface area (Å²) in [7, 11) is 0. The minimum Gasteiger partial charge on any atom is -0.351 e. The zero-order valence-corrected chi connectivity index (χ0v) is 19.2. The minimum atomic E-state index is -0.0950. The molecule has 1 fully saturated rings. The number of hydrogen-bond acceptors (Lipinski definition) is 2. The highest BCUT2D eigenvalue weighted by atomic mass is 35.5. The zero-order valence-electron chi connectivity index (χ0n) is 17.6. The Morgan fingerprint density at radius 3 is 2.53 bits per heavy atom. The van der Waals surface area contributed by atoms with Crippen LogP contribution < -0.4 is 10.2 Å². The van der Waals surface area contributed by atoms with Gasteiger partial charge >= 0.3 is 0 Å². The van der Waals surface area contributed by atoms with Crippen molar-refractivity contribution in [2.24, 2.45) is 0 Å². The van der Waals surface area contributed by atoms with Crippen molar-refractivity contribution < 1.29 is 0 Å². The van der Waals surface area contributed by atoms with E-state index in [0.717, 1.165) is 29.2 Å². The molecule has 0 spiro atoms. The molecule has 0 unspecified atom stereocenters. The molecular formula is C26H23ClN4S. The number of nitrogens with zero attached hydrogens (tertiary/aromatic N) is 3. The molecule has 0 amide bonds. The molecule has 1 saturated heterocycles. The van der Waals surface area contributed by atoms with Crippen LogP contribution in [0.25, 0.3) is 5.69 Å². The van der Waals surface area contributed by atoms with Crippen molar-refractivity contribution in [1.82, 2.24) is 14.9 Å². The summed E-state index contributed by atoms with van der Waals surface area (Å²) in [5.74, 6) is 0. The second kappa shape index (κ2) is 8.77. The zero-order chi connectivity index (χ0) is 22.1. The molecule has 0 saturated carbocycles. The lowest BCUT2D eigenvalue weighted by Gasteiger charge is -2.29. The molecule has 1 aliphatic rings. The van der Waals surface area contributed by atoms with Crippen LogP contribution >= 0.6 is 23.8 Å². The Balaban J connectivity index is 1.65. The number of aryl methyl sites for hydroxylation is 1. The Bertz CT molecular complexity index is 1240. The van der Waals surface area contributed by atoms with Crippen LogP contribution in [0, 0.1) is 0 Å². The number of halogens is 1. The number of nitrogens with one attached hydrogen (secondary N) is 1. The summed E-state index contributed by atoms with van der Waals surface area (Å²) in [5.41, 5.74) is 5.42. The Morgan fingerprint density at radius 1 is 0.969 bits per heavy atom. The lowest BCUT2D eigenvalue weighted by Crippen LogP contribution is -2.30. The molecule has 4 aromatic rings. The van der Waals surface area contributed by atoms with Crippen LogP contribution in [0.4, 0.5) is 5.69 Å². The third kappa shape index (κ3) is 3.78. The molecule has 3 heterocycles. The fraction of sp³-hybridized carbons (Fsp3) is 0.154. The Labute approximate surface area is 198 Å². The molecule has 0 radical (unpaired) electrons. The predicted molar refractivity (Wildman–Crippen MR) is 135 cm³/mol. The molecule has 1 aliphatic heterocycles. The van der Waals surface area contributed by atoms with Gasteiger partial charge in [-0.1, -0.05) is 42.8 Å². The van der Waals surface area contributed by atoms with E-state index in [1.54, 1.807) is 0 Å². The third-order valence-electron chi connectivity index (χ3n) is 5.89. The normalized spacial score (nSPS) is 18.1. The summed E-state index contributed by atoms with van der Waals surface area (Å²) < 4.78 is 2.18. The van der Waals surface area contributed by atoms with Crippen molar-refractivity contribution in [2.45, 2.75) is 25.4 Å². The first kappa shape index (κ1) is 20.7. The summed E-state index contributed by atoms with van der Waals surface area (Å²) in [6.45, 7) is 2.16. The number of thiocarbonyl (C=S) groups is 1. The lowest BCUT2D eigenvalue weighted by molar-refractivity contribution is 0.549. The molecule has 0 bridgehead atoms. The quantitative estimate of drug-likeness (QED) is 0.357. The average Bonchev–Trinajstić information content (AvgIpc) is 3.44. The van der Waals surface area contributed by atoms with E-state index < -0.39 is 0 Å². The predicted octanol–water partition coefficient (Wildman–Crippen LogP) is 6.27. The molecular weight excluding hydrogens is 436 g/mol. The lowest BCUT2D eigenvalue weighted by atomic mass is 10.0. The van der Waals surface area contributed by atoms with Crippen LogP contribution in [-0.2, 0) is 6.42 Å². The van der Waals surface area contributed by atoms with Crippen molar-refractivity contribution >= 4 is 34.6 Å². The number of anilines is 1. The average molecular weight is 459 g/mol. The molecule has 6 heteroatoms. The number of hydrogen-bond donors (Lipinski definition) is 1. The monoisotopic (exact) mass is 458 g/mol. The molecule has 32 heavy (non-hydrogen) atoms. The van der Waals surface area contributed by atoms with Gasteiger partial charge in [0.25, 0.3) is 0 Å². The first-order valence-electron chi connectivity index (χ1n) is 10.7. The van der Waals surface area contributed by atoms with E-state index in [-0.39, 0.29) is 12.1 Å². The van der Waals surface area contributed by atoms with Gasteiger partial charge in [-0.25, -0.2) is 0 Å². The number of rotatable bonds is 5. The van der Waals surface area contributed by atoms with Crippen LogP contribution in [0.2, 0.25) is 5.02 Å². The van der Waals surface area contributed by atoms with E-state index in [1.165, 1.54) is 5.56 Å². The number of pyridine rings is 1. The van der Waals surface area contributed by atoms with Crippen LogP contribution in [0.5, 0.6) is 0 Å². The minimum absolute atomic E-state index is 0.0844. The van der Waals surface area contributed by atoms with E-state index in [2.05, 4.69) is 75.4 Å². The molecule has 0 aliphatic carbocycles. The van der Waals surface area contributed by atoms with Gasteiger partial charge in [0.05, 0.1) is 11.7 Å². The van der Waals surface area contributed by atoms with E-state index >= 15 is 0 Å². The second-order valence-electron chi connectivity index (χ2n) is 7.80. The number of aromatic nitrogens is 2. The fourth-order valence-corrected chi connectivity index (χ4v) is 4.85. The van der Waals surface area contributed by atoms with E-state index in [9.17, 15) is 0 Å². The van der Waals surface area contributed by atoms with Gasteiger partial charge in [-0.2, -0.15) is 0 Å². The van der Waals surface area contributed by atoms with Crippen molar-refractivity contribution in [3.05, 3.63) is 113 Å². The van der Waals surface area contributed by atoms with E-state index in [4.69, 9.17) is 23.8 Å². The Morgan fingerprint density at radius 2 is 1.81 bits per heavy atom. The van der Waals surface area contributed by atoms with Gasteiger partial charge < -0.3 is 14.8 Å². The smallest absolute Gasteiger partial charge is 0.174 e. The maximum atomic E-state index is 6.31. The van der Waals surface area contributed by atoms with E-state index in [1.807, 2.05) is 42.6 Å². The second-order valence-corrected chi connectivity index (χ2v) is 8.62. The molecule has 5 rings (SSSR count). The Kier molecular flexibility index (Phi) is 5.68. The van der Waals surface area contributed by atoms with Gasteiger partial charge in [-0.05, 0) is 78.8 Å². The highest BCUT2D eigenvalue weighted by Gasteiger charge is 2.42. The maximum Gasteiger partial charge on any atom is 0.174 e. The summed E-state index contributed by atoms with van der Waals surface area (Å²) in [6.07, 6.45) is 4.89. The van der Waals surface area contributed by atoms with Crippen molar-refractivity contribution in [2.75, 3.05) is 4.90 Å². The molecule has 2 aromatic carbocycles. The molecule has 160 valence electrons. The first-order valence-corrected chi connectivity index (χ1v) is 11.5. The van der Waals surface area contributed by atoms with Gasteiger partial charge in [-0.15, -0.1) is 0 Å². The Hall–Kier alpha value is -3.15. The maximum absolute atomic E-state index is 6.31. The largest absolute Gasteiger partial charge is 0.351 e. The van der Waals surface area contributed by atoms with Crippen LogP contribution in [-0.4, -0.2) is 14.7 Å². The van der Waals surface area contributed by atoms with Crippen molar-refractivity contribution in [1.29, 1.82) is 0 Å². The summed E-state index contributed by atoms with van der Waals surface area (Å²) in [6, 6.07) is 26.5. The molecule has 1 N–H and O–H groups in total. The van der Waals surface area contributed by atoms with Crippen LogP contribution in [0.3, 0.4) is 0 Å². The topological polar surface area (TPSA) is 33.1 Å². The van der Waals surface area contributed by atoms with Crippen molar-refractivity contribution in [3.8, 4) is 5.69 Å². The van der Waals surface area contributed by atoms with E-state index in [0.29, 0.717) is 10.1 Å². The van der Waals surface area contributed by atoms with Crippen LogP contribution in [0.1, 0.15) is 36.0 Å². The highest BCUT2D eigenvalue weighted by Crippen LogP contribution is 2.42. The molecule has 2 atom stereocenters. The fourth-order valence-electron chi connectivity index (χ4n) is 4.32. The first-order chi connectivity index (χ1) is 15.7. The van der Waals surface area contributed by atoms with Crippen molar-refractivity contribution in [3.63, 3.8) is 0 Å². The standard InChI is InChI=1S/C26H23ClN4S/c1-2-18-11-13-20(14-12-18)31-25(24(29-26(31)32)22-9-3-4-15-28-22)23-10-6-16-30(23)21-8-5-7-19(27)17-21/h3-17,24-25H,2H2,1H3,(H,29,32)/t24-,25-/m0/s1. The number of benzene rings is 2. The van der Waals surface area contributed by atoms with Gasteiger partial charge in [0.2, 0.25) is 0 Å². The molecule has 2 aromatic heterocycles. The third-order valence-corrected chi connectivity index (χ3v) is 6.44. The van der Waals surface area contributed by atoms with Gasteiger partial charge in [-0.3, -0.25) is 4.98 Å². The summed E-state index contributed by atoms with van der Waals surface area (Å²) >= 11 is 12.2.